The van der Waals surface area contributed by atoms with E-state index in [-0.39, 0.29) is 35.9 Å². The van der Waals surface area contributed by atoms with E-state index >= 15 is 0 Å². The van der Waals surface area contributed by atoms with Crippen molar-refractivity contribution >= 4 is 41.7 Å². The fourth-order valence-corrected chi connectivity index (χ4v) is 6.17. The number of nitrogens with zero attached hydrogens (tertiary/aromatic N) is 4. The third-order valence-corrected chi connectivity index (χ3v) is 8.92. The predicted octanol–water partition coefficient (Wildman–Crippen LogP) is -0.400. The summed E-state index contributed by atoms with van der Waals surface area (Å²) in [5, 5.41) is 31.2. The number of aromatic nitrogens is 4. The van der Waals surface area contributed by atoms with Crippen LogP contribution in [0.15, 0.2) is 6.33 Å². The summed E-state index contributed by atoms with van der Waals surface area (Å²) in [6.07, 6.45) is -1.08. The maximum absolute atomic E-state index is 12.5. The van der Waals surface area contributed by atoms with Crippen LogP contribution in [0.4, 0.5) is 5.95 Å². The number of aliphatic hydroxyl groups is 3. The van der Waals surface area contributed by atoms with Crippen LogP contribution in [-0.4, -0.2) is 96.0 Å². The summed E-state index contributed by atoms with van der Waals surface area (Å²) in [7, 11) is -2.63. The first-order chi connectivity index (χ1) is 17.2. The maximum Gasteiger partial charge on any atom is 0.402 e. The summed E-state index contributed by atoms with van der Waals surface area (Å²) in [6.45, 7) is 3.94. The van der Waals surface area contributed by atoms with Crippen molar-refractivity contribution in [2.75, 3.05) is 38.4 Å². The number of hydrogen-bond donors (Lipinski definition) is 5. The highest BCUT2D eigenvalue weighted by atomic mass is 32.2. The molecule has 2 aromatic heterocycles. The Balaban J connectivity index is 1.35. The Bertz CT molecular complexity index is 1250. The normalized spacial score (nSPS) is 30.8. The van der Waals surface area contributed by atoms with Crippen LogP contribution in [0.25, 0.3) is 11.2 Å². The van der Waals surface area contributed by atoms with E-state index in [1.807, 2.05) is 0 Å². The first-order valence-corrected chi connectivity index (χ1v) is 13.9. The van der Waals surface area contributed by atoms with Gasteiger partial charge in [0.2, 0.25) is 11.8 Å². The average molecular weight is 563 g/mol. The zero-order valence-corrected chi connectivity index (χ0v) is 22.4. The van der Waals surface area contributed by atoms with Gasteiger partial charge in [-0.1, -0.05) is 11.8 Å². The van der Waals surface area contributed by atoms with Crippen molar-refractivity contribution in [3.63, 3.8) is 0 Å². The average Bonchev–Trinajstić information content (AvgIpc) is 3.07. The number of methoxy groups -OCH3 is 1. The summed E-state index contributed by atoms with van der Waals surface area (Å²) in [6, 6.07) is -0.770. The van der Waals surface area contributed by atoms with Crippen LogP contribution in [0, 0.1) is 5.41 Å². The smallest absolute Gasteiger partial charge is 0.402 e. The van der Waals surface area contributed by atoms with E-state index < -0.39 is 49.2 Å². The number of rotatable bonds is 11. The molecule has 6 atom stereocenters. The highest BCUT2D eigenvalue weighted by Crippen LogP contribution is 2.68. The molecule has 15 nitrogen and oxygen atoms in total. The molecule has 17 heteroatoms. The molecule has 1 aliphatic carbocycles. The minimum atomic E-state index is -4.05. The monoisotopic (exact) mass is 562 g/mol. The topological polar surface area (TPSA) is 227 Å². The van der Waals surface area contributed by atoms with Crippen molar-refractivity contribution < 1.29 is 43.2 Å². The molecule has 0 amide bonds. The van der Waals surface area contributed by atoms with E-state index in [2.05, 4.69) is 15.0 Å². The molecule has 3 heterocycles. The number of aliphatic hydroxyl groups excluding tert-OH is 2. The van der Waals surface area contributed by atoms with E-state index in [4.69, 9.17) is 29.8 Å². The molecule has 37 heavy (non-hydrogen) atoms. The number of fused-ring (bicyclic) bond motifs is 2. The van der Waals surface area contributed by atoms with Gasteiger partial charge in [0.1, 0.15) is 29.5 Å². The second kappa shape index (κ2) is 9.70. The standard InChI is InChI=1S/C20H31N6O9PS/c1-18(2,8-27)16(29)37-6-5-33-36(22,31)34-7-10-12(28)20(30)15(19(20,3)35-10)26-9-23-11-13(26)24-17(21)25-14(11)32-4/h9-10,12,15,27-28,30H,5-8H2,1-4H3,(H2,22,31)(H2,21,24,25). The number of carbonyl (C=O) groups is 1. The summed E-state index contributed by atoms with van der Waals surface area (Å²) in [5.74, 6) is 0.253. The van der Waals surface area contributed by atoms with Crippen LogP contribution >= 0.6 is 19.5 Å². The van der Waals surface area contributed by atoms with Crippen molar-refractivity contribution in [1.82, 2.24) is 19.5 Å². The Labute approximate surface area is 216 Å². The number of nitrogens with two attached hydrogens (primary N) is 2. The number of anilines is 1. The molecule has 0 bridgehead atoms. The Morgan fingerprint density at radius 3 is 2.68 bits per heavy atom. The molecule has 6 unspecified atom stereocenters. The van der Waals surface area contributed by atoms with Gasteiger partial charge >= 0.3 is 7.75 Å². The quantitative estimate of drug-likeness (QED) is 0.173. The van der Waals surface area contributed by atoms with Crippen molar-refractivity contribution in [1.29, 1.82) is 0 Å². The highest BCUT2D eigenvalue weighted by molar-refractivity contribution is 8.13. The van der Waals surface area contributed by atoms with Crippen LogP contribution in [0.3, 0.4) is 0 Å². The number of thioether (sulfide) groups is 1. The zero-order valence-electron chi connectivity index (χ0n) is 20.7. The largest absolute Gasteiger partial charge is 0.479 e. The molecule has 7 N–H and O–H groups in total. The Hall–Kier alpha value is -1.88. The lowest BCUT2D eigenvalue weighted by molar-refractivity contribution is -0.119. The summed E-state index contributed by atoms with van der Waals surface area (Å²) in [4.78, 5) is 24.4. The Kier molecular flexibility index (Phi) is 7.38. The van der Waals surface area contributed by atoms with Crippen LogP contribution in [0.1, 0.15) is 26.8 Å². The van der Waals surface area contributed by atoms with Crippen molar-refractivity contribution in [2.45, 2.75) is 50.2 Å². The fraction of sp³-hybridized carbons (Fsp3) is 0.700. The van der Waals surface area contributed by atoms with Crippen molar-refractivity contribution in [3.05, 3.63) is 6.33 Å². The molecule has 2 aromatic rings. The predicted molar refractivity (Wildman–Crippen MR) is 132 cm³/mol. The second-order valence-electron chi connectivity index (χ2n) is 9.70. The number of ether oxygens (including phenoxy) is 2. The van der Waals surface area contributed by atoms with Crippen molar-refractivity contribution in [2.24, 2.45) is 10.9 Å². The van der Waals surface area contributed by atoms with E-state index in [0.717, 1.165) is 11.8 Å². The van der Waals surface area contributed by atoms with Crippen LogP contribution in [-0.2, 0) is 23.1 Å². The molecular weight excluding hydrogens is 531 g/mol. The van der Waals surface area contributed by atoms with E-state index in [9.17, 15) is 24.7 Å². The van der Waals surface area contributed by atoms with E-state index in [1.54, 1.807) is 20.8 Å². The molecule has 206 valence electrons. The third kappa shape index (κ3) is 4.75. The van der Waals surface area contributed by atoms with Gasteiger partial charge in [-0.05, 0) is 20.8 Å². The Morgan fingerprint density at radius 2 is 2.08 bits per heavy atom. The summed E-state index contributed by atoms with van der Waals surface area (Å²) < 4.78 is 35.4. The van der Waals surface area contributed by atoms with Gasteiger partial charge in [0.05, 0.1) is 38.7 Å². The SMILES string of the molecule is COc1nc(N)nc2c1ncn2C1C2(C)OC(COP(N)(=O)OCCSC(=O)C(C)(C)CO)C(O)C12O. The zero-order chi connectivity index (χ0) is 27.4. The van der Waals surface area contributed by atoms with Crippen LogP contribution in [0.5, 0.6) is 5.88 Å². The fourth-order valence-electron chi connectivity index (χ4n) is 4.47. The van der Waals surface area contributed by atoms with E-state index in [1.165, 1.54) is 18.0 Å². The number of carbonyl (C=O) groups excluding carboxylic acids is 1. The highest BCUT2D eigenvalue weighted by Gasteiger charge is 2.85. The van der Waals surface area contributed by atoms with Gasteiger partial charge in [-0.3, -0.25) is 13.8 Å². The van der Waals surface area contributed by atoms with Gasteiger partial charge < -0.3 is 35.1 Å². The van der Waals surface area contributed by atoms with Crippen LogP contribution < -0.4 is 16.0 Å². The van der Waals surface area contributed by atoms with Crippen LogP contribution in [0.2, 0.25) is 0 Å². The molecule has 0 aromatic carbocycles. The molecule has 1 aliphatic heterocycles. The number of hydrogen-bond acceptors (Lipinski definition) is 14. The first-order valence-electron chi connectivity index (χ1n) is 11.3. The van der Waals surface area contributed by atoms with E-state index in [0.29, 0.717) is 11.2 Å². The first kappa shape index (κ1) is 28.1. The molecule has 2 fully saturated rings. The van der Waals surface area contributed by atoms with Gasteiger partial charge in [0.15, 0.2) is 16.3 Å². The molecule has 2 aliphatic rings. The molecule has 1 saturated carbocycles. The lowest BCUT2D eigenvalue weighted by atomic mass is 9.97. The molecule has 4 rings (SSSR count). The van der Waals surface area contributed by atoms with Gasteiger partial charge in [0, 0.05) is 5.75 Å². The van der Waals surface area contributed by atoms with Crippen molar-refractivity contribution in [3.8, 4) is 5.88 Å². The minimum Gasteiger partial charge on any atom is -0.479 e. The lowest BCUT2D eigenvalue weighted by Gasteiger charge is -2.24. The third-order valence-electron chi connectivity index (χ3n) is 6.68. The molecule has 0 spiro atoms. The second-order valence-corrected chi connectivity index (χ2v) is 12.4. The molecular formula is C20H31N6O9PS. The van der Waals surface area contributed by atoms with Gasteiger partial charge in [-0.2, -0.15) is 9.97 Å². The maximum atomic E-state index is 12.5. The van der Waals surface area contributed by atoms with Gasteiger partial charge in [-0.15, -0.1) is 0 Å². The summed E-state index contributed by atoms with van der Waals surface area (Å²) in [5.41, 5.74) is 8.09. The number of nitrogen functional groups attached to an aromatic ring is 1. The van der Waals surface area contributed by atoms with Gasteiger partial charge in [-0.25, -0.2) is 15.1 Å². The summed E-state index contributed by atoms with van der Waals surface area (Å²) >= 11 is 0.914. The Morgan fingerprint density at radius 1 is 1.38 bits per heavy atom. The molecule has 1 saturated heterocycles. The van der Waals surface area contributed by atoms with Gasteiger partial charge in [0.25, 0.3) is 0 Å². The minimum absolute atomic E-state index is 0.0552. The molecule has 0 radical (unpaired) electrons. The number of imidazole rings is 1. The lowest BCUT2D eigenvalue weighted by Crippen LogP contribution is -2.40.